The summed E-state index contributed by atoms with van der Waals surface area (Å²) in [6.45, 7) is 0. The molecule has 0 aliphatic carbocycles. The third kappa shape index (κ3) is 4.37. The van der Waals surface area contributed by atoms with E-state index in [1.54, 1.807) is 0 Å². The van der Waals surface area contributed by atoms with Gasteiger partial charge in [-0.25, -0.2) is 0 Å². The fourth-order valence-corrected chi connectivity index (χ4v) is 11.4. The monoisotopic (exact) mass is 656 g/mol. The highest BCUT2D eigenvalue weighted by atomic mass is 32.1. The fourth-order valence-electron chi connectivity index (χ4n) is 6.52. The smallest absolute Gasteiger partial charge is 0.0542 e. The predicted molar refractivity (Wildman–Crippen MR) is 207 cm³/mol. The standard InChI is InChI=1S/C42H24S4/c1-3-7-35-31(5-1)23-37(43-35)27-13-9-25(10-14-27)29-17-19-33-39(21-29)45-42-34-20-18-30(22-40(34)46-41(33)42)26-11-15-28(16-12-26)38-24-32-6-2-4-8-36(32)44-38/h1-24H. The zero-order chi connectivity index (χ0) is 30.2. The van der Waals surface area contributed by atoms with Crippen LogP contribution in [0.5, 0.6) is 0 Å². The van der Waals surface area contributed by atoms with E-state index in [0.29, 0.717) is 0 Å². The Labute approximate surface area is 282 Å². The van der Waals surface area contributed by atoms with Crippen molar-refractivity contribution >= 4 is 95.1 Å². The molecule has 46 heavy (non-hydrogen) atoms. The van der Waals surface area contributed by atoms with Crippen LogP contribution < -0.4 is 0 Å². The molecule has 6 aromatic carbocycles. The van der Waals surface area contributed by atoms with E-state index in [1.165, 1.54) is 92.9 Å². The predicted octanol–water partition coefficient (Wildman–Crippen LogP) is 14.4. The van der Waals surface area contributed by atoms with Crippen LogP contribution in [0.1, 0.15) is 0 Å². The maximum Gasteiger partial charge on any atom is 0.0542 e. The van der Waals surface area contributed by atoms with Crippen molar-refractivity contribution in [3.63, 3.8) is 0 Å². The van der Waals surface area contributed by atoms with Crippen molar-refractivity contribution in [2.24, 2.45) is 0 Å². The lowest BCUT2D eigenvalue weighted by Gasteiger charge is -2.04. The second kappa shape index (κ2) is 10.5. The first-order valence-electron chi connectivity index (χ1n) is 15.3. The van der Waals surface area contributed by atoms with Gasteiger partial charge in [-0.05, 0) is 80.6 Å². The number of hydrogen-bond donors (Lipinski definition) is 0. The van der Waals surface area contributed by atoms with Gasteiger partial charge in [0.1, 0.15) is 0 Å². The molecule has 0 fully saturated rings. The Kier molecular flexibility index (Phi) is 6.06. The second-order valence-corrected chi connectivity index (χ2v) is 16.0. The van der Waals surface area contributed by atoms with Crippen LogP contribution in [0.25, 0.3) is 92.9 Å². The third-order valence-corrected chi connectivity index (χ3v) is 13.8. The molecule has 4 heterocycles. The second-order valence-electron chi connectivity index (χ2n) is 11.7. The van der Waals surface area contributed by atoms with Gasteiger partial charge in [0.2, 0.25) is 0 Å². The summed E-state index contributed by atoms with van der Waals surface area (Å²) in [5.41, 5.74) is 7.62. The Balaban J connectivity index is 0.950. The average molecular weight is 657 g/mol. The molecule has 0 amide bonds. The molecule has 0 saturated carbocycles. The van der Waals surface area contributed by atoms with Gasteiger partial charge < -0.3 is 0 Å². The lowest BCUT2D eigenvalue weighted by atomic mass is 10.0. The minimum Gasteiger partial charge on any atom is -0.135 e. The van der Waals surface area contributed by atoms with E-state index in [-0.39, 0.29) is 0 Å². The summed E-state index contributed by atoms with van der Waals surface area (Å²) in [4.78, 5) is 2.64. The molecule has 10 aromatic rings. The van der Waals surface area contributed by atoms with Crippen LogP contribution in [-0.2, 0) is 0 Å². The van der Waals surface area contributed by atoms with Crippen molar-refractivity contribution in [3.8, 4) is 43.1 Å². The topological polar surface area (TPSA) is 0 Å². The molecule has 216 valence electrons. The van der Waals surface area contributed by atoms with Gasteiger partial charge in [0.05, 0.1) is 9.40 Å². The Morgan fingerprint density at radius 1 is 0.283 bits per heavy atom. The van der Waals surface area contributed by atoms with Crippen molar-refractivity contribution < 1.29 is 0 Å². The van der Waals surface area contributed by atoms with Crippen molar-refractivity contribution in [2.75, 3.05) is 0 Å². The van der Waals surface area contributed by atoms with Crippen LogP contribution in [-0.4, -0.2) is 0 Å². The summed E-state index contributed by atoms with van der Waals surface area (Å²) in [5, 5.41) is 5.36. The molecule has 0 aliphatic heterocycles. The largest absolute Gasteiger partial charge is 0.135 e. The highest BCUT2D eigenvalue weighted by Gasteiger charge is 2.14. The van der Waals surface area contributed by atoms with Gasteiger partial charge in [0, 0.05) is 39.3 Å². The maximum atomic E-state index is 2.37. The van der Waals surface area contributed by atoms with E-state index in [2.05, 4.69) is 146 Å². The highest BCUT2D eigenvalue weighted by Crippen LogP contribution is 2.46. The molecule has 0 N–H and O–H groups in total. The van der Waals surface area contributed by atoms with Crippen molar-refractivity contribution in [1.82, 2.24) is 0 Å². The van der Waals surface area contributed by atoms with Gasteiger partial charge in [-0.3, -0.25) is 0 Å². The highest BCUT2D eigenvalue weighted by molar-refractivity contribution is 7.36. The molecular weight excluding hydrogens is 633 g/mol. The lowest BCUT2D eigenvalue weighted by molar-refractivity contribution is 1.65. The normalized spacial score (nSPS) is 11.9. The van der Waals surface area contributed by atoms with Gasteiger partial charge in [-0.15, -0.1) is 45.3 Å². The molecule has 0 unspecified atom stereocenters. The summed E-state index contributed by atoms with van der Waals surface area (Å²) in [7, 11) is 0. The van der Waals surface area contributed by atoms with Crippen LogP contribution in [0.3, 0.4) is 0 Å². The molecule has 0 atom stereocenters. The molecule has 0 aliphatic rings. The number of hydrogen-bond acceptors (Lipinski definition) is 4. The molecule has 0 radical (unpaired) electrons. The van der Waals surface area contributed by atoms with Crippen molar-refractivity contribution in [1.29, 1.82) is 0 Å². The van der Waals surface area contributed by atoms with Gasteiger partial charge in [0.15, 0.2) is 0 Å². The molecule has 10 rings (SSSR count). The average Bonchev–Trinajstić information content (AvgIpc) is 3.89. The summed E-state index contributed by atoms with van der Waals surface area (Å²) >= 11 is 7.57. The molecule has 4 heteroatoms. The lowest BCUT2D eigenvalue weighted by Crippen LogP contribution is -1.78. The van der Waals surface area contributed by atoms with Crippen LogP contribution >= 0.6 is 45.3 Å². The summed E-state index contributed by atoms with van der Waals surface area (Å²) in [6, 6.07) is 53.9. The van der Waals surface area contributed by atoms with Crippen molar-refractivity contribution in [2.45, 2.75) is 0 Å². The van der Waals surface area contributed by atoms with Crippen LogP contribution in [0.2, 0.25) is 0 Å². The third-order valence-electron chi connectivity index (χ3n) is 8.94. The molecule has 0 nitrogen and oxygen atoms in total. The summed E-state index contributed by atoms with van der Waals surface area (Å²) in [6.07, 6.45) is 0. The van der Waals surface area contributed by atoms with E-state index in [4.69, 9.17) is 0 Å². The Hall–Kier alpha value is -4.58. The van der Waals surface area contributed by atoms with Crippen LogP contribution in [0.15, 0.2) is 146 Å². The van der Waals surface area contributed by atoms with Crippen LogP contribution in [0.4, 0.5) is 0 Å². The Morgan fingerprint density at radius 2 is 0.674 bits per heavy atom. The molecule has 0 bridgehead atoms. The van der Waals surface area contributed by atoms with E-state index >= 15 is 0 Å². The molecule has 0 spiro atoms. The Morgan fingerprint density at radius 3 is 1.11 bits per heavy atom. The number of fused-ring (bicyclic) bond motifs is 7. The van der Waals surface area contributed by atoms with Gasteiger partial charge in [-0.1, -0.05) is 109 Å². The zero-order valence-electron chi connectivity index (χ0n) is 24.5. The first kappa shape index (κ1) is 26.6. The zero-order valence-corrected chi connectivity index (χ0v) is 27.8. The van der Waals surface area contributed by atoms with Crippen molar-refractivity contribution in [3.05, 3.63) is 146 Å². The number of rotatable bonds is 4. The SMILES string of the molecule is c1ccc2sc(-c3ccc(-c4ccc5c(c4)sc4c6ccc(-c7ccc(-c8cc9ccccc9s8)cc7)cc6sc54)cc3)cc2c1. The first-order valence-corrected chi connectivity index (χ1v) is 18.6. The quantitative estimate of drug-likeness (QED) is 0.177. The first-order chi connectivity index (χ1) is 22.7. The summed E-state index contributed by atoms with van der Waals surface area (Å²) < 4.78 is 8.19. The fraction of sp³-hybridized carbons (Fsp3) is 0. The van der Waals surface area contributed by atoms with E-state index < -0.39 is 0 Å². The number of thiophene rings is 4. The van der Waals surface area contributed by atoms with Crippen LogP contribution in [0, 0.1) is 0 Å². The van der Waals surface area contributed by atoms with Gasteiger partial charge >= 0.3 is 0 Å². The van der Waals surface area contributed by atoms with E-state index in [9.17, 15) is 0 Å². The Bertz CT molecular complexity index is 2470. The molecule has 4 aromatic heterocycles. The number of benzene rings is 6. The molecular formula is C42H24S4. The van der Waals surface area contributed by atoms with Gasteiger partial charge in [0.25, 0.3) is 0 Å². The summed E-state index contributed by atoms with van der Waals surface area (Å²) in [5.74, 6) is 0. The minimum absolute atomic E-state index is 1.26. The van der Waals surface area contributed by atoms with Gasteiger partial charge in [-0.2, -0.15) is 0 Å². The maximum absolute atomic E-state index is 2.37. The minimum atomic E-state index is 1.26. The van der Waals surface area contributed by atoms with E-state index in [1.807, 2.05) is 45.3 Å². The molecule has 0 saturated heterocycles. The van der Waals surface area contributed by atoms with E-state index in [0.717, 1.165) is 0 Å².